The maximum Gasteiger partial charge on any atom is 0.248 e. The summed E-state index contributed by atoms with van der Waals surface area (Å²) in [5.41, 5.74) is 1.48. The first kappa shape index (κ1) is 12.5. The van der Waals surface area contributed by atoms with Crippen molar-refractivity contribution in [2.75, 3.05) is 0 Å². The molecule has 2 aromatic carbocycles. The van der Waals surface area contributed by atoms with E-state index >= 15 is 0 Å². The van der Waals surface area contributed by atoms with Crippen molar-refractivity contribution in [3.05, 3.63) is 72.8 Å². The zero-order chi connectivity index (χ0) is 14.1. The van der Waals surface area contributed by atoms with E-state index in [9.17, 15) is 8.78 Å². The van der Waals surface area contributed by atoms with E-state index in [4.69, 9.17) is 0 Å². The third-order valence-corrected chi connectivity index (χ3v) is 3.19. The highest BCUT2D eigenvalue weighted by molar-refractivity contribution is 5.66. The van der Waals surface area contributed by atoms with Crippen molar-refractivity contribution in [2.24, 2.45) is 7.05 Å². The fourth-order valence-corrected chi connectivity index (χ4v) is 2.18. The summed E-state index contributed by atoms with van der Waals surface area (Å²) in [7, 11) is 1.93. The molecule has 0 N–H and O–H groups in total. The van der Waals surface area contributed by atoms with Gasteiger partial charge in [-0.2, -0.15) is 0 Å². The second kappa shape index (κ2) is 4.89. The molecular weight excluding hydrogens is 258 g/mol. The molecule has 20 heavy (non-hydrogen) atoms. The molecule has 0 atom stereocenters. The van der Waals surface area contributed by atoms with Crippen LogP contribution in [0.1, 0.15) is 0 Å². The number of rotatable bonds is 2. The van der Waals surface area contributed by atoms with E-state index in [1.807, 2.05) is 47.0 Å². The van der Waals surface area contributed by atoms with Crippen LogP contribution in [0, 0.1) is 11.6 Å². The number of aromatic nitrogens is 2. The second-order valence-electron chi connectivity index (χ2n) is 4.63. The highest BCUT2D eigenvalue weighted by atomic mass is 19.1. The number of halogens is 2. The Balaban J connectivity index is 2.01. The van der Waals surface area contributed by atoms with E-state index in [2.05, 4.69) is 0 Å². The number of hydrogen-bond donors (Lipinski definition) is 0. The fourth-order valence-electron chi connectivity index (χ4n) is 2.18. The molecule has 2 nitrogen and oxygen atoms in total. The standard InChI is InChI=1S/C16H13F2N2/c1-19-9-10-20(11-19)13-7-5-12(6-8-13)16-14(17)3-2-4-15(16)18/h2-11H,1H3/q+1. The molecule has 100 valence electrons. The largest absolute Gasteiger partial charge is 0.248 e. The summed E-state index contributed by atoms with van der Waals surface area (Å²) < 4.78 is 31.3. The number of benzene rings is 2. The van der Waals surface area contributed by atoms with Crippen molar-refractivity contribution in [1.29, 1.82) is 0 Å². The highest BCUT2D eigenvalue weighted by Crippen LogP contribution is 2.26. The molecule has 0 aliphatic rings. The van der Waals surface area contributed by atoms with E-state index in [-0.39, 0.29) is 5.56 Å². The summed E-state index contributed by atoms with van der Waals surface area (Å²) in [5, 5.41) is 0. The average Bonchev–Trinajstić information content (AvgIpc) is 2.86. The van der Waals surface area contributed by atoms with Crippen LogP contribution in [0.15, 0.2) is 61.2 Å². The van der Waals surface area contributed by atoms with Gasteiger partial charge >= 0.3 is 0 Å². The Labute approximate surface area is 115 Å². The molecule has 3 rings (SSSR count). The Bertz CT molecular complexity index is 725. The summed E-state index contributed by atoms with van der Waals surface area (Å²) in [6, 6.07) is 11.0. The third-order valence-electron chi connectivity index (χ3n) is 3.19. The van der Waals surface area contributed by atoms with Crippen LogP contribution in [0.5, 0.6) is 0 Å². The lowest BCUT2D eigenvalue weighted by Crippen LogP contribution is -2.23. The monoisotopic (exact) mass is 271 g/mol. The van der Waals surface area contributed by atoms with Crippen LogP contribution in [-0.2, 0) is 7.05 Å². The molecule has 0 aliphatic carbocycles. The first-order valence-corrected chi connectivity index (χ1v) is 6.23. The maximum absolute atomic E-state index is 13.7. The minimum atomic E-state index is -0.551. The SMILES string of the molecule is C[n+]1ccn(-c2ccc(-c3c(F)cccc3F)cc2)c1. The van der Waals surface area contributed by atoms with Crippen molar-refractivity contribution in [2.45, 2.75) is 0 Å². The quantitative estimate of drug-likeness (QED) is 0.633. The Kier molecular flexibility index (Phi) is 3.06. The van der Waals surface area contributed by atoms with Crippen molar-refractivity contribution in [3.8, 4) is 16.8 Å². The number of aryl methyl sites for hydroxylation is 1. The fraction of sp³-hybridized carbons (Fsp3) is 0.0625. The molecule has 1 aromatic heterocycles. The van der Waals surface area contributed by atoms with E-state index < -0.39 is 11.6 Å². The first-order valence-electron chi connectivity index (χ1n) is 6.23. The predicted octanol–water partition coefficient (Wildman–Crippen LogP) is 3.25. The molecule has 0 unspecified atom stereocenters. The van der Waals surface area contributed by atoms with Crippen LogP contribution in [0.4, 0.5) is 8.78 Å². The highest BCUT2D eigenvalue weighted by Gasteiger charge is 2.11. The molecule has 3 aromatic rings. The minimum Gasteiger partial charge on any atom is -0.239 e. The Morgan fingerprint density at radius 3 is 2.15 bits per heavy atom. The number of hydrogen-bond acceptors (Lipinski definition) is 0. The van der Waals surface area contributed by atoms with Gasteiger partial charge in [0.2, 0.25) is 6.33 Å². The van der Waals surface area contributed by atoms with Crippen molar-refractivity contribution >= 4 is 0 Å². The smallest absolute Gasteiger partial charge is 0.239 e. The molecule has 0 saturated heterocycles. The topological polar surface area (TPSA) is 8.81 Å². The normalized spacial score (nSPS) is 10.8. The van der Waals surface area contributed by atoms with Gasteiger partial charge in [0.25, 0.3) is 0 Å². The molecule has 0 bridgehead atoms. The molecule has 0 aliphatic heterocycles. The van der Waals surface area contributed by atoms with Gasteiger partial charge in [-0.3, -0.25) is 0 Å². The zero-order valence-electron chi connectivity index (χ0n) is 10.9. The average molecular weight is 271 g/mol. The van der Waals surface area contributed by atoms with Gasteiger partial charge in [-0.1, -0.05) is 6.07 Å². The van der Waals surface area contributed by atoms with E-state index in [1.165, 1.54) is 18.2 Å². The van der Waals surface area contributed by atoms with Crippen LogP contribution in [0.2, 0.25) is 0 Å². The lowest BCUT2D eigenvalue weighted by Gasteiger charge is -2.05. The van der Waals surface area contributed by atoms with Crippen LogP contribution in [0.3, 0.4) is 0 Å². The van der Waals surface area contributed by atoms with Gasteiger partial charge in [-0.25, -0.2) is 17.9 Å². The van der Waals surface area contributed by atoms with Gasteiger partial charge in [0.15, 0.2) is 0 Å². The Morgan fingerprint density at radius 1 is 0.950 bits per heavy atom. The second-order valence-corrected chi connectivity index (χ2v) is 4.63. The van der Waals surface area contributed by atoms with Gasteiger partial charge in [-0.05, 0) is 42.0 Å². The van der Waals surface area contributed by atoms with Gasteiger partial charge in [0.05, 0.1) is 12.6 Å². The number of nitrogens with zero attached hydrogens (tertiary/aromatic N) is 2. The lowest BCUT2D eigenvalue weighted by atomic mass is 10.0. The third kappa shape index (κ3) is 2.20. The van der Waals surface area contributed by atoms with Crippen LogP contribution < -0.4 is 4.57 Å². The van der Waals surface area contributed by atoms with Gasteiger partial charge in [-0.15, -0.1) is 0 Å². The molecule has 0 saturated carbocycles. The van der Waals surface area contributed by atoms with E-state index in [0.29, 0.717) is 5.56 Å². The summed E-state index contributed by atoms with van der Waals surface area (Å²) in [6.07, 6.45) is 5.75. The molecular formula is C16H13F2N2+. The van der Waals surface area contributed by atoms with Crippen molar-refractivity contribution in [1.82, 2.24) is 4.57 Å². The van der Waals surface area contributed by atoms with Gasteiger partial charge < -0.3 is 0 Å². The van der Waals surface area contributed by atoms with Crippen LogP contribution >= 0.6 is 0 Å². The zero-order valence-corrected chi connectivity index (χ0v) is 10.9. The first-order chi connectivity index (χ1) is 9.65. The molecule has 0 amide bonds. The Hall–Kier alpha value is -2.49. The van der Waals surface area contributed by atoms with Gasteiger partial charge in [0, 0.05) is 0 Å². The number of imidazole rings is 1. The Morgan fingerprint density at radius 2 is 1.60 bits per heavy atom. The molecule has 0 radical (unpaired) electrons. The molecule has 4 heteroatoms. The van der Waals surface area contributed by atoms with Crippen molar-refractivity contribution < 1.29 is 13.3 Å². The summed E-state index contributed by atoms with van der Waals surface area (Å²) >= 11 is 0. The van der Waals surface area contributed by atoms with Gasteiger partial charge in [0.1, 0.15) is 29.7 Å². The van der Waals surface area contributed by atoms with E-state index in [1.54, 1.807) is 12.1 Å². The minimum absolute atomic E-state index is 0.0112. The summed E-state index contributed by atoms with van der Waals surface area (Å²) in [5.74, 6) is -1.10. The molecule has 0 fully saturated rings. The van der Waals surface area contributed by atoms with Crippen LogP contribution in [0.25, 0.3) is 16.8 Å². The predicted molar refractivity (Wildman–Crippen MR) is 72.3 cm³/mol. The molecule has 0 spiro atoms. The molecule has 1 heterocycles. The summed E-state index contributed by atoms with van der Waals surface area (Å²) in [4.78, 5) is 0. The lowest BCUT2D eigenvalue weighted by molar-refractivity contribution is -0.670. The maximum atomic E-state index is 13.7. The van der Waals surface area contributed by atoms with Crippen LogP contribution in [-0.4, -0.2) is 4.57 Å². The van der Waals surface area contributed by atoms with E-state index in [0.717, 1.165) is 5.69 Å². The van der Waals surface area contributed by atoms with Crippen molar-refractivity contribution in [3.63, 3.8) is 0 Å². The summed E-state index contributed by atoms with van der Waals surface area (Å²) in [6.45, 7) is 0.